The van der Waals surface area contributed by atoms with E-state index in [0.29, 0.717) is 13.4 Å². The molecule has 0 aliphatic carbocycles. The lowest BCUT2D eigenvalue weighted by atomic mass is 9.84. The lowest BCUT2D eigenvalue weighted by Crippen LogP contribution is -2.65. The number of likely N-dealkylation sites (N-methyl/N-ethyl adjacent to an activating group) is 1. The molecule has 26 heavy (non-hydrogen) atoms. The van der Waals surface area contributed by atoms with Crippen LogP contribution in [0.5, 0.6) is 11.5 Å². The van der Waals surface area contributed by atoms with E-state index in [9.17, 15) is 4.79 Å². The highest BCUT2D eigenvalue weighted by Crippen LogP contribution is 2.37. The largest absolute Gasteiger partial charge is 0.454 e. The lowest BCUT2D eigenvalue weighted by molar-refractivity contribution is -0.200. The van der Waals surface area contributed by atoms with Crippen LogP contribution in [0, 0.1) is 0 Å². The van der Waals surface area contributed by atoms with Crippen LogP contribution >= 0.6 is 0 Å². The van der Waals surface area contributed by atoms with Gasteiger partial charge in [-0.2, -0.15) is 0 Å². The van der Waals surface area contributed by atoms with Gasteiger partial charge in [-0.3, -0.25) is 9.69 Å². The second-order valence-corrected chi connectivity index (χ2v) is 7.58. The van der Waals surface area contributed by atoms with Gasteiger partial charge in [0.25, 0.3) is 0 Å². The normalized spacial score (nSPS) is 23.7. The highest BCUT2D eigenvalue weighted by Gasteiger charge is 2.47. The third-order valence-electron chi connectivity index (χ3n) is 5.26. The summed E-state index contributed by atoms with van der Waals surface area (Å²) in [5.74, 6) is 1.64. The van der Waals surface area contributed by atoms with Gasteiger partial charge in [-0.1, -0.05) is 6.07 Å². The highest BCUT2D eigenvalue weighted by atomic mass is 16.7. The smallest absolute Gasteiger partial charge is 0.248 e. The second kappa shape index (κ2) is 7.06. The minimum atomic E-state index is -0.125. The Bertz CT molecular complexity index is 672. The Kier molecular flexibility index (Phi) is 4.77. The molecular weight excluding hydrogens is 336 g/mol. The van der Waals surface area contributed by atoms with Gasteiger partial charge >= 0.3 is 0 Å². The number of likely N-dealkylation sites (tertiary alicyclic amines) is 1. The van der Waals surface area contributed by atoms with Crippen LogP contribution in [0.15, 0.2) is 18.2 Å². The van der Waals surface area contributed by atoms with Crippen molar-refractivity contribution in [1.82, 2.24) is 9.80 Å². The first-order chi connectivity index (χ1) is 12.5. The van der Waals surface area contributed by atoms with E-state index < -0.39 is 0 Å². The fourth-order valence-electron chi connectivity index (χ4n) is 3.84. The fourth-order valence-corrected chi connectivity index (χ4v) is 3.84. The zero-order chi connectivity index (χ0) is 18.1. The van der Waals surface area contributed by atoms with E-state index in [1.54, 1.807) is 19.0 Å². The minimum absolute atomic E-state index is 0.00332. The molecule has 1 atom stereocenters. The van der Waals surface area contributed by atoms with Crippen LogP contribution in [0.25, 0.3) is 0 Å². The van der Waals surface area contributed by atoms with Crippen molar-refractivity contribution in [2.75, 3.05) is 47.2 Å². The third kappa shape index (κ3) is 3.65. The SMILES string of the molecule is CN(C)C(=O)COC1CCOC2(C1)CN(Cc1ccc3c(c1)OCO3)C2. The zero-order valence-electron chi connectivity index (χ0n) is 15.4. The predicted molar refractivity (Wildman–Crippen MR) is 94.2 cm³/mol. The summed E-state index contributed by atoms with van der Waals surface area (Å²) in [6.07, 6.45) is 1.80. The first-order valence-corrected chi connectivity index (χ1v) is 9.10. The number of carbonyl (C=O) groups excluding carboxylic acids is 1. The Morgan fingerprint density at radius 1 is 1.31 bits per heavy atom. The van der Waals surface area contributed by atoms with Crippen LogP contribution in [0.4, 0.5) is 0 Å². The van der Waals surface area contributed by atoms with Crippen molar-refractivity contribution in [2.24, 2.45) is 0 Å². The molecule has 142 valence electrons. The summed E-state index contributed by atoms with van der Waals surface area (Å²) in [6, 6.07) is 6.10. The Morgan fingerprint density at radius 3 is 2.92 bits per heavy atom. The van der Waals surface area contributed by atoms with Gasteiger partial charge in [0.1, 0.15) is 6.61 Å². The van der Waals surface area contributed by atoms with Crippen molar-refractivity contribution in [1.29, 1.82) is 0 Å². The van der Waals surface area contributed by atoms with Crippen LogP contribution in [0.3, 0.4) is 0 Å². The van der Waals surface area contributed by atoms with Gasteiger partial charge in [-0.15, -0.1) is 0 Å². The molecule has 7 heteroatoms. The number of benzene rings is 1. The van der Waals surface area contributed by atoms with Crippen molar-refractivity contribution >= 4 is 5.91 Å². The summed E-state index contributed by atoms with van der Waals surface area (Å²) in [5.41, 5.74) is 1.09. The van der Waals surface area contributed by atoms with Gasteiger partial charge in [-0.05, 0) is 24.1 Å². The van der Waals surface area contributed by atoms with Gasteiger partial charge in [0, 0.05) is 46.8 Å². The highest BCUT2D eigenvalue weighted by molar-refractivity contribution is 5.76. The van der Waals surface area contributed by atoms with Crippen molar-refractivity contribution < 1.29 is 23.7 Å². The summed E-state index contributed by atoms with van der Waals surface area (Å²) >= 11 is 0. The molecule has 2 fully saturated rings. The Morgan fingerprint density at radius 2 is 2.12 bits per heavy atom. The molecule has 0 radical (unpaired) electrons. The van der Waals surface area contributed by atoms with Crippen LogP contribution in [-0.4, -0.2) is 74.6 Å². The summed E-state index contributed by atoms with van der Waals surface area (Å²) in [7, 11) is 3.49. The fraction of sp³-hybridized carbons (Fsp3) is 0.632. The van der Waals surface area contributed by atoms with Crippen molar-refractivity contribution in [3.63, 3.8) is 0 Å². The number of fused-ring (bicyclic) bond motifs is 1. The molecule has 3 heterocycles. The van der Waals surface area contributed by atoms with Crippen LogP contribution in [-0.2, 0) is 20.8 Å². The van der Waals surface area contributed by atoms with Crippen LogP contribution in [0.2, 0.25) is 0 Å². The maximum Gasteiger partial charge on any atom is 0.248 e. The van der Waals surface area contributed by atoms with E-state index in [-0.39, 0.29) is 24.2 Å². The number of hydrogen-bond donors (Lipinski definition) is 0. The van der Waals surface area contributed by atoms with Crippen molar-refractivity contribution in [3.05, 3.63) is 23.8 Å². The standard InChI is InChI=1S/C19H26N2O5/c1-20(2)18(22)10-23-15-5-6-26-19(8-15)11-21(12-19)9-14-3-4-16-17(7-14)25-13-24-16/h3-4,7,15H,5-6,8-13H2,1-2H3. The molecular formula is C19H26N2O5. The Hall–Kier alpha value is -1.83. The van der Waals surface area contributed by atoms with E-state index in [1.807, 2.05) is 12.1 Å². The molecule has 1 aromatic carbocycles. The average Bonchev–Trinajstić information content (AvgIpc) is 3.06. The number of rotatable bonds is 5. The van der Waals surface area contributed by atoms with E-state index >= 15 is 0 Å². The summed E-state index contributed by atoms with van der Waals surface area (Å²) in [6.45, 7) is 3.79. The van der Waals surface area contributed by atoms with Crippen molar-refractivity contribution in [3.8, 4) is 11.5 Å². The number of amides is 1. The minimum Gasteiger partial charge on any atom is -0.454 e. The summed E-state index contributed by atoms with van der Waals surface area (Å²) < 4.78 is 22.7. The first kappa shape index (κ1) is 17.6. The van der Waals surface area contributed by atoms with Crippen LogP contribution in [0.1, 0.15) is 18.4 Å². The van der Waals surface area contributed by atoms with E-state index in [0.717, 1.165) is 44.0 Å². The van der Waals surface area contributed by atoms with Gasteiger partial charge in [0.2, 0.25) is 12.7 Å². The van der Waals surface area contributed by atoms with Crippen molar-refractivity contribution in [2.45, 2.75) is 31.1 Å². The van der Waals surface area contributed by atoms with Gasteiger partial charge < -0.3 is 23.8 Å². The molecule has 4 rings (SSSR count). The molecule has 0 bridgehead atoms. The van der Waals surface area contributed by atoms with Gasteiger partial charge in [-0.25, -0.2) is 0 Å². The molecule has 1 amide bonds. The summed E-state index contributed by atoms with van der Waals surface area (Å²) in [4.78, 5) is 15.6. The monoisotopic (exact) mass is 362 g/mol. The average molecular weight is 362 g/mol. The molecule has 3 aliphatic heterocycles. The first-order valence-electron chi connectivity index (χ1n) is 9.10. The number of carbonyl (C=O) groups is 1. The maximum atomic E-state index is 11.7. The predicted octanol–water partition coefficient (Wildman–Crippen LogP) is 1.25. The Labute approximate surface area is 153 Å². The maximum absolute atomic E-state index is 11.7. The molecule has 1 unspecified atom stereocenters. The molecule has 7 nitrogen and oxygen atoms in total. The molecule has 1 spiro atoms. The molecule has 0 saturated carbocycles. The third-order valence-corrected chi connectivity index (χ3v) is 5.26. The summed E-state index contributed by atoms with van der Waals surface area (Å²) in [5, 5.41) is 0. The number of ether oxygens (including phenoxy) is 4. The molecule has 3 aliphatic rings. The van der Waals surface area contributed by atoms with E-state index in [1.165, 1.54) is 5.56 Å². The lowest BCUT2D eigenvalue weighted by Gasteiger charge is -2.53. The molecule has 0 N–H and O–H groups in total. The molecule has 1 aromatic rings. The van der Waals surface area contributed by atoms with Gasteiger partial charge in [0.05, 0.1) is 11.7 Å². The van der Waals surface area contributed by atoms with E-state index in [4.69, 9.17) is 18.9 Å². The van der Waals surface area contributed by atoms with E-state index in [2.05, 4.69) is 11.0 Å². The zero-order valence-corrected chi connectivity index (χ0v) is 15.4. The number of nitrogens with zero attached hydrogens (tertiary/aromatic N) is 2. The number of hydrogen-bond acceptors (Lipinski definition) is 6. The second-order valence-electron chi connectivity index (χ2n) is 7.58. The van der Waals surface area contributed by atoms with Gasteiger partial charge in [0.15, 0.2) is 11.5 Å². The quantitative estimate of drug-likeness (QED) is 0.786. The van der Waals surface area contributed by atoms with Crippen LogP contribution < -0.4 is 9.47 Å². The topological polar surface area (TPSA) is 60.5 Å². The molecule has 2 saturated heterocycles. The Balaban J connectivity index is 1.27. The molecule has 0 aromatic heterocycles.